The summed E-state index contributed by atoms with van der Waals surface area (Å²) in [5, 5.41) is 15.3. The Hall–Kier alpha value is -1.33. The van der Waals surface area contributed by atoms with Crippen LogP contribution in [0.25, 0.3) is 0 Å². The van der Waals surface area contributed by atoms with Crippen molar-refractivity contribution in [2.45, 2.75) is 0 Å². The molecule has 0 saturated carbocycles. The van der Waals surface area contributed by atoms with Crippen LogP contribution in [0.5, 0.6) is 0 Å². The second-order valence-electron chi connectivity index (χ2n) is 1.48. The molecule has 0 heterocycles. The fraction of sp³-hybridized carbons (Fsp3) is 0.125. The number of hydrogen-bond acceptors (Lipinski definition) is 2. The monoisotopic (exact) mass is 135 g/mol. The van der Waals surface area contributed by atoms with E-state index in [2.05, 4.69) is 0 Å². The maximum absolute atomic E-state index is 8.29. The van der Waals surface area contributed by atoms with Gasteiger partial charge < -0.3 is 5.11 Å². The van der Waals surface area contributed by atoms with E-state index in [0.717, 1.165) is 7.11 Å². The highest BCUT2D eigenvalue weighted by Crippen LogP contribution is 1.92. The van der Waals surface area contributed by atoms with Crippen LogP contribution in [0.15, 0.2) is 30.3 Å². The Morgan fingerprint density at radius 3 is 2.00 bits per heavy atom. The van der Waals surface area contributed by atoms with E-state index in [1.165, 1.54) is 0 Å². The Bertz CT molecular complexity index is 200. The smallest absolute Gasteiger partial charge is 0.0991 e. The van der Waals surface area contributed by atoms with Gasteiger partial charge in [-0.2, -0.15) is 5.26 Å². The first-order chi connectivity index (χ1) is 4.93. The van der Waals surface area contributed by atoms with Gasteiger partial charge in [-0.1, -0.05) is 18.2 Å². The van der Waals surface area contributed by atoms with Crippen LogP contribution in [0.1, 0.15) is 5.56 Å². The van der Waals surface area contributed by atoms with Crippen molar-refractivity contribution in [1.82, 2.24) is 0 Å². The molecule has 0 unspecified atom stereocenters. The molecule has 10 heavy (non-hydrogen) atoms. The number of rotatable bonds is 0. The lowest BCUT2D eigenvalue weighted by Gasteiger charge is -1.80. The summed E-state index contributed by atoms with van der Waals surface area (Å²) in [4.78, 5) is 0. The minimum atomic E-state index is 0.715. The van der Waals surface area contributed by atoms with Crippen molar-refractivity contribution < 1.29 is 5.11 Å². The molecule has 0 aliphatic carbocycles. The fourth-order valence-electron chi connectivity index (χ4n) is 0.513. The van der Waals surface area contributed by atoms with Crippen molar-refractivity contribution in [3.8, 4) is 6.07 Å². The van der Waals surface area contributed by atoms with Gasteiger partial charge >= 0.3 is 0 Å². The first-order valence-electron chi connectivity index (χ1n) is 2.83. The summed E-state index contributed by atoms with van der Waals surface area (Å²) < 4.78 is 0. The molecule has 2 heteroatoms. The molecule has 1 aromatic carbocycles. The zero-order chi connectivity index (χ0) is 7.82. The van der Waals surface area contributed by atoms with Gasteiger partial charge in [0.15, 0.2) is 0 Å². The van der Waals surface area contributed by atoms with Crippen LogP contribution in [-0.2, 0) is 0 Å². The van der Waals surface area contributed by atoms with Crippen LogP contribution in [0, 0.1) is 11.3 Å². The average Bonchev–Trinajstić information content (AvgIpc) is 2.10. The molecule has 1 N–H and O–H groups in total. The molecule has 0 aliphatic heterocycles. The zero-order valence-corrected chi connectivity index (χ0v) is 5.78. The SMILES string of the molecule is CO.N#Cc1ccccc1. The summed E-state index contributed by atoms with van der Waals surface area (Å²) in [5.74, 6) is 0. The number of nitrogens with zero attached hydrogens (tertiary/aromatic N) is 1. The highest BCUT2D eigenvalue weighted by atomic mass is 16.2. The van der Waals surface area contributed by atoms with Crippen molar-refractivity contribution in [3.63, 3.8) is 0 Å². The van der Waals surface area contributed by atoms with Crippen LogP contribution in [0.2, 0.25) is 0 Å². The Kier molecular flexibility index (Phi) is 5.03. The number of aliphatic hydroxyl groups excluding tert-OH is 1. The molecule has 0 atom stereocenters. The van der Waals surface area contributed by atoms with Gasteiger partial charge in [0.2, 0.25) is 0 Å². The van der Waals surface area contributed by atoms with Gasteiger partial charge in [0.05, 0.1) is 11.6 Å². The van der Waals surface area contributed by atoms with Crippen molar-refractivity contribution in [2.24, 2.45) is 0 Å². The Labute approximate surface area is 60.4 Å². The van der Waals surface area contributed by atoms with E-state index in [0.29, 0.717) is 5.56 Å². The summed E-state index contributed by atoms with van der Waals surface area (Å²) in [6.45, 7) is 0. The molecule has 1 rings (SSSR count). The van der Waals surface area contributed by atoms with Crippen molar-refractivity contribution >= 4 is 0 Å². The van der Waals surface area contributed by atoms with Gasteiger partial charge in [-0.15, -0.1) is 0 Å². The standard InChI is InChI=1S/C7H5N.CH4O/c8-6-7-4-2-1-3-5-7;1-2/h1-5H;2H,1H3. The Morgan fingerprint density at radius 2 is 1.70 bits per heavy atom. The van der Waals surface area contributed by atoms with Crippen LogP contribution in [0.4, 0.5) is 0 Å². The molecule has 0 bridgehead atoms. The zero-order valence-electron chi connectivity index (χ0n) is 5.78. The normalized spacial score (nSPS) is 6.90. The Balaban J connectivity index is 0.000000371. The summed E-state index contributed by atoms with van der Waals surface area (Å²) in [7, 11) is 1.00. The molecule has 0 amide bonds. The van der Waals surface area contributed by atoms with E-state index < -0.39 is 0 Å². The van der Waals surface area contributed by atoms with Crippen molar-refractivity contribution in [2.75, 3.05) is 7.11 Å². The number of benzene rings is 1. The van der Waals surface area contributed by atoms with Crippen molar-refractivity contribution in [1.29, 1.82) is 5.26 Å². The highest BCUT2D eigenvalue weighted by molar-refractivity contribution is 5.27. The van der Waals surface area contributed by atoms with E-state index in [-0.39, 0.29) is 0 Å². The van der Waals surface area contributed by atoms with Crippen molar-refractivity contribution in [3.05, 3.63) is 35.9 Å². The lowest BCUT2D eigenvalue weighted by atomic mass is 10.2. The third kappa shape index (κ3) is 2.85. The lowest BCUT2D eigenvalue weighted by Crippen LogP contribution is -1.66. The molecule has 0 radical (unpaired) electrons. The molecule has 1 aromatic rings. The Morgan fingerprint density at radius 1 is 1.20 bits per heavy atom. The van der Waals surface area contributed by atoms with E-state index in [1.807, 2.05) is 24.3 Å². The van der Waals surface area contributed by atoms with Gasteiger partial charge in [0.25, 0.3) is 0 Å². The first-order valence-corrected chi connectivity index (χ1v) is 2.83. The predicted molar refractivity (Wildman–Crippen MR) is 39.3 cm³/mol. The van der Waals surface area contributed by atoms with Crippen LogP contribution in [-0.4, -0.2) is 12.2 Å². The summed E-state index contributed by atoms with van der Waals surface area (Å²) in [5.41, 5.74) is 0.715. The predicted octanol–water partition coefficient (Wildman–Crippen LogP) is 1.17. The van der Waals surface area contributed by atoms with Gasteiger partial charge in [0.1, 0.15) is 0 Å². The minimum Gasteiger partial charge on any atom is -0.400 e. The van der Waals surface area contributed by atoms with Gasteiger partial charge in [-0.25, -0.2) is 0 Å². The number of aliphatic hydroxyl groups is 1. The minimum absolute atomic E-state index is 0.715. The highest BCUT2D eigenvalue weighted by Gasteiger charge is 1.79. The third-order valence-electron chi connectivity index (χ3n) is 0.903. The van der Waals surface area contributed by atoms with Crippen LogP contribution < -0.4 is 0 Å². The summed E-state index contributed by atoms with van der Waals surface area (Å²) >= 11 is 0. The quantitative estimate of drug-likeness (QED) is 0.580. The first kappa shape index (κ1) is 8.67. The second kappa shape index (κ2) is 5.80. The molecular weight excluding hydrogens is 126 g/mol. The maximum Gasteiger partial charge on any atom is 0.0991 e. The summed E-state index contributed by atoms with van der Waals surface area (Å²) in [6.07, 6.45) is 0. The van der Waals surface area contributed by atoms with E-state index in [9.17, 15) is 0 Å². The molecular formula is C8H9NO. The molecule has 0 saturated heterocycles. The number of nitriles is 1. The van der Waals surface area contributed by atoms with Crippen LogP contribution in [0.3, 0.4) is 0 Å². The molecule has 0 aromatic heterocycles. The third-order valence-corrected chi connectivity index (χ3v) is 0.903. The van der Waals surface area contributed by atoms with Gasteiger partial charge in [-0.05, 0) is 12.1 Å². The van der Waals surface area contributed by atoms with Crippen LogP contribution >= 0.6 is 0 Å². The molecule has 2 nitrogen and oxygen atoms in total. The average molecular weight is 135 g/mol. The molecule has 0 fully saturated rings. The van der Waals surface area contributed by atoms with E-state index >= 15 is 0 Å². The number of hydrogen-bond donors (Lipinski definition) is 1. The molecule has 0 spiro atoms. The van der Waals surface area contributed by atoms with Gasteiger partial charge in [0, 0.05) is 7.11 Å². The molecule has 52 valence electrons. The van der Waals surface area contributed by atoms with Gasteiger partial charge in [-0.3, -0.25) is 0 Å². The van der Waals surface area contributed by atoms with E-state index in [4.69, 9.17) is 10.4 Å². The second-order valence-corrected chi connectivity index (χ2v) is 1.48. The van der Waals surface area contributed by atoms with E-state index in [1.54, 1.807) is 12.1 Å². The fourth-order valence-corrected chi connectivity index (χ4v) is 0.513. The topological polar surface area (TPSA) is 44.0 Å². The maximum atomic E-state index is 8.29. The summed E-state index contributed by atoms with van der Waals surface area (Å²) in [6, 6.07) is 11.2. The lowest BCUT2D eigenvalue weighted by molar-refractivity contribution is 0.399. The molecule has 0 aliphatic rings. The largest absolute Gasteiger partial charge is 0.400 e.